The van der Waals surface area contributed by atoms with Gasteiger partial charge < -0.3 is 4.74 Å². The predicted molar refractivity (Wildman–Crippen MR) is 88.5 cm³/mol. The monoisotopic (exact) mass is 297 g/mol. The first-order valence-corrected chi connectivity index (χ1v) is 8.53. The standard InChI is InChI=1S/C18H35NO2/c1-9-14(10-2)19(11-13(3)4)12-15-16(20)18(7,8)21-17(15,5)6/h13-15H,9-12H2,1-8H3. The fourth-order valence-electron chi connectivity index (χ4n) is 3.70. The van der Waals surface area contributed by atoms with Gasteiger partial charge in [0.05, 0.1) is 11.5 Å². The van der Waals surface area contributed by atoms with Gasteiger partial charge in [0.25, 0.3) is 0 Å². The summed E-state index contributed by atoms with van der Waals surface area (Å²) in [7, 11) is 0. The number of ketones is 1. The number of hydrogen-bond donors (Lipinski definition) is 0. The Labute approximate surface area is 131 Å². The Morgan fingerprint density at radius 1 is 1.14 bits per heavy atom. The van der Waals surface area contributed by atoms with Gasteiger partial charge >= 0.3 is 0 Å². The number of Topliss-reactive ketones (excluding diaryl/α,β-unsaturated/α-hetero) is 1. The summed E-state index contributed by atoms with van der Waals surface area (Å²) in [6.07, 6.45) is 2.27. The minimum atomic E-state index is -0.647. The van der Waals surface area contributed by atoms with Crippen molar-refractivity contribution in [3.05, 3.63) is 0 Å². The lowest BCUT2D eigenvalue weighted by atomic mass is 9.85. The minimum Gasteiger partial charge on any atom is -0.361 e. The predicted octanol–water partition coefficient (Wildman–Crippen LogP) is 3.91. The second-order valence-corrected chi connectivity index (χ2v) is 7.95. The third kappa shape index (κ3) is 4.29. The van der Waals surface area contributed by atoms with Gasteiger partial charge in [-0.05, 0) is 46.5 Å². The number of carbonyl (C=O) groups excluding carboxylic acids is 1. The molecule has 0 spiro atoms. The maximum Gasteiger partial charge on any atom is 0.171 e. The highest BCUT2D eigenvalue weighted by molar-refractivity contribution is 5.91. The largest absolute Gasteiger partial charge is 0.361 e. The Morgan fingerprint density at radius 3 is 2.00 bits per heavy atom. The van der Waals surface area contributed by atoms with Crippen molar-refractivity contribution in [1.82, 2.24) is 4.90 Å². The molecule has 0 aromatic carbocycles. The van der Waals surface area contributed by atoms with Crippen LogP contribution in [0.25, 0.3) is 0 Å². The van der Waals surface area contributed by atoms with Crippen LogP contribution in [0.3, 0.4) is 0 Å². The molecule has 0 amide bonds. The van der Waals surface area contributed by atoms with E-state index in [4.69, 9.17) is 4.74 Å². The molecule has 0 aromatic heterocycles. The lowest BCUT2D eigenvalue weighted by Gasteiger charge is -2.36. The van der Waals surface area contributed by atoms with Crippen molar-refractivity contribution < 1.29 is 9.53 Å². The topological polar surface area (TPSA) is 29.5 Å². The molecule has 1 fully saturated rings. The fourth-order valence-corrected chi connectivity index (χ4v) is 3.70. The summed E-state index contributed by atoms with van der Waals surface area (Å²) >= 11 is 0. The smallest absolute Gasteiger partial charge is 0.171 e. The number of ether oxygens (including phenoxy) is 1. The number of rotatable bonds is 7. The van der Waals surface area contributed by atoms with Gasteiger partial charge in [0.1, 0.15) is 5.60 Å². The molecular weight excluding hydrogens is 262 g/mol. The zero-order chi connectivity index (χ0) is 16.4. The first-order valence-electron chi connectivity index (χ1n) is 8.53. The molecule has 21 heavy (non-hydrogen) atoms. The van der Waals surface area contributed by atoms with Gasteiger partial charge in [0.2, 0.25) is 0 Å². The summed E-state index contributed by atoms with van der Waals surface area (Å²) in [5.41, 5.74) is -1.02. The Kier molecular flexibility index (Phi) is 6.02. The molecule has 3 nitrogen and oxygen atoms in total. The quantitative estimate of drug-likeness (QED) is 0.713. The zero-order valence-corrected chi connectivity index (χ0v) is 15.3. The number of nitrogens with zero attached hydrogens (tertiary/aromatic N) is 1. The number of hydrogen-bond acceptors (Lipinski definition) is 3. The highest BCUT2D eigenvalue weighted by Gasteiger charge is 2.53. The molecule has 1 unspecified atom stereocenters. The maximum atomic E-state index is 12.7. The van der Waals surface area contributed by atoms with E-state index in [9.17, 15) is 4.79 Å². The second kappa shape index (κ2) is 6.78. The van der Waals surface area contributed by atoms with Crippen LogP contribution in [0.15, 0.2) is 0 Å². The summed E-state index contributed by atoms with van der Waals surface area (Å²) in [5.74, 6) is 0.832. The van der Waals surface area contributed by atoms with Crippen molar-refractivity contribution in [2.45, 2.75) is 85.5 Å². The van der Waals surface area contributed by atoms with Gasteiger partial charge in [-0.2, -0.15) is 0 Å². The SMILES string of the molecule is CCC(CC)N(CC(C)C)CC1C(=O)C(C)(C)OC1(C)C. The van der Waals surface area contributed by atoms with E-state index in [0.717, 1.165) is 25.9 Å². The van der Waals surface area contributed by atoms with E-state index < -0.39 is 5.60 Å². The Bertz CT molecular complexity index is 356. The average Bonchev–Trinajstić information content (AvgIpc) is 2.48. The van der Waals surface area contributed by atoms with E-state index >= 15 is 0 Å². The summed E-state index contributed by atoms with van der Waals surface area (Å²) in [6.45, 7) is 18.8. The van der Waals surface area contributed by atoms with Crippen molar-refractivity contribution in [3.63, 3.8) is 0 Å². The van der Waals surface area contributed by atoms with Crippen LogP contribution in [-0.2, 0) is 9.53 Å². The molecular formula is C18H35NO2. The van der Waals surface area contributed by atoms with Crippen molar-refractivity contribution in [2.24, 2.45) is 11.8 Å². The van der Waals surface area contributed by atoms with Gasteiger partial charge in [-0.15, -0.1) is 0 Å². The summed E-state index contributed by atoms with van der Waals surface area (Å²) in [5, 5.41) is 0. The Morgan fingerprint density at radius 2 is 1.67 bits per heavy atom. The first-order chi connectivity index (χ1) is 9.55. The molecule has 0 saturated carbocycles. The van der Waals surface area contributed by atoms with Crippen LogP contribution < -0.4 is 0 Å². The molecule has 1 aliphatic heterocycles. The first kappa shape index (κ1) is 18.6. The fraction of sp³-hybridized carbons (Fsp3) is 0.944. The molecule has 1 saturated heterocycles. The number of carbonyl (C=O) groups is 1. The zero-order valence-electron chi connectivity index (χ0n) is 15.3. The van der Waals surface area contributed by atoms with Crippen LogP contribution in [0.2, 0.25) is 0 Å². The highest BCUT2D eigenvalue weighted by Crippen LogP contribution is 2.40. The lowest BCUT2D eigenvalue weighted by molar-refractivity contribution is -0.132. The summed E-state index contributed by atoms with van der Waals surface area (Å²) in [6, 6.07) is 0.555. The summed E-state index contributed by atoms with van der Waals surface area (Å²) in [4.78, 5) is 15.2. The lowest BCUT2D eigenvalue weighted by Crippen LogP contribution is -2.46. The molecule has 0 aromatic rings. The van der Waals surface area contributed by atoms with Gasteiger partial charge in [0.15, 0.2) is 5.78 Å². The van der Waals surface area contributed by atoms with Gasteiger partial charge in [-0.1, -0.05) is 27.7 Å². The van der Waals surface area contributed by atoms with Crippen LogP contribution >= 0.6 is 0 Å². The van der Waals surface area contributed by atoms with Gasteiger partial charge in [0, 0.05) is 19.1 Å². The van der Waals surface area contributed by atoms with Crippen molar-refractivity contribution in [2.75, 3.05) is 13.1 Å². The molecule has 3 heteroatoms. The molecule has 1 heterocycles. The molecule has 0 aliphatic carbocycles. The Balaban J connectivity index is 2.94. The van der Waals surface area contributed by atoms with E-state index in [2.05, 4.69) is 46.4 Å². The van der Waals surface area contributed by atoms with Crippen LogP contribution in [-0.4, -0.2) is 41.0 Å². The maximum absolute atomic E-state index is 12.7. The molecule has 1 atom stereocenters. The van der Waals surface area contributed by atoms with Gasteiger partial charge in [-0.25, -0.2) is 0 Å². The van der Waals surface area contributed by atoms with Crippen LogP contribution in [0.4, 0.5) is 0 Å². The van der Waals surface area contributed by atoms with Crippen molar-refractivity contribution in [3.8, 4) is 0 Å². The summed E-state index contributed by atoms with van der Waals surface area (Å²) < 4.78 is 6.04. The van der Waals surface area contributed by atoms with E-state index in [1.807, 2.05) is 13.8 Å². The average molecular weight is 297 g/mol. The van der Waals surface area contributed by atoms with E-state index in [1.54, 1.807) is 0 Å². The van der Waals surface area contributed by atoms with Crippen molar-refractivity contribution in [1.29, 1.82) is 0 Å². The van der Waals surface area contributed by atoms with E-state index in [1.165, 1.54) is 0 Å². The normalized spacial score (nSPS) is 24.5. The molecule has 0 N–H and O–H groups in total. The molecule has 1 rings (SSSR count). The Hall–Kier alpha value is -0.410. The third-order valence-corrected chi connectivity index (χ3v) is 4.74. The van der Waals surface area contributed by atoms with Crippen LogP contribution in [0.1, 0.15) is 68.2 Å². The second-order valence-electron chi connectivity index (χ2n) is 7.95. The molecule has 1 aliphatic rings. The van der Waals surface area contributed by atoms with Gasteiger partial charge in [-0.3, -0.25) is 9.69 Å². The molecule has 124 valence electrons. The van der Waals surface area contributed by atoms with E-state index in [-0.39, 0.29) is 17.3 Å². The van der Waals surface area contributed by atoms with Crippen molar-refractivity contribution >= 4 is 5.78 Å². The molecule has 0 radical (unpaired) electrons. The highest BCUT2D eigenvalue weighted by atomic mass is 16.5. The molecule has 0 bridgehead atoms. The van der Waals surface area contributed by atoms with Crippen LogP contribution in [0.5, 0.6) is 0 Å². The van der Waals surface area contributed by atoms with Crippen LogP contribution in [0, 0.1) is 11.8 Å². The van der Waals surface area contributed by atoms with E-state index in [0.29, 0.717) is 12.0 Å². The minimum absolute atomic E-state index is 0.0353. The third-order valence-electron chi connectivity index (χ3n) is 4.74.